The average Bonchev–Trinajstić information content (AvgIpc) is 2.74. The van der Waals surface area contributed by atoms with Crippen molar-refractivity contribution in [2.24, 2.45) is 7.05 Å². The molecule has 0 bridgehead atoms. The molecule has 0 saturated heterocycles. The van der Waals surface area contributed by atoms with Gasteiger partial charge in [0, 0.05) is 38.4 Å². The van der Waals surface area contributed by atoms with E-state index in [1.807, 2.05) is 29.9 Å². The highest BCUT2D eigenvalue weighted by Crippen LogP contribution is 1.98. The lowest BCUT2D eigenvalue weighted by molar-refractivity contribution is -0.120. The van der Waals surface area contributed by atoms with Gasteiger partial charge in [-0.25, -0.2) is 4.98 Å². The van der Waals surface area contributed by atoms with Crippen molar-refractivity contribution in [3.63, 3.8) is 0 Å². The Balaban J connectivity index is 1.85. The molecule has 0 fully saturated rings. The maximum Gasteiger partial charge on any atom is 0.227 e. The van der Waals surface area contributed by atoms with Crippen molar-refractivity contribution in [2.45, 2.75) is 13.0 Å². The van der Waals surface area contributed by atoms with Crippen LogP contribution in [0.2, 0.25) is 0 Å². The molecule has 17 heavy (non-hydrogen) atoms. The van der Waals surface area contributed by atoms with Crippen LogP contribution in [0, 0.1) is 0 Å². The third-order valence-electron chi connectivity index (χ3n) is 2.48. The molecule has 1 amide bonds. The highest BCUT2D eigenvalue weighted by molar-refractivity contribution is 5.77. The first kappa shape index (κ1) is 11.3. The van der Waals surface area contributed by atoms with Crippen LogP contribution >= 0.6 is 0 Å². The topological polar surface area (TPSA) is 59.8 Å². The summed E-state index contributed by atoms with van der Waals surface area (Å²) in [5.74, 6) is 0.730. The van der Waals surface area contributed by atoms with Gasteiger partial charge in [0.15, 0.2) is 0 Å². The van der Waals surface area contributed by atoms with E-state index in [-0.39, 0.29) is 5.91 Å². The first-order chi connectivity index (χ1) is 8.25. The van der Waals surface area contributed by atoms with Crippen LogP contribution in [0.1, 0.15) is 11.4 Å². The zero-order chi connectivity index (χ0) is 12.1. The average molecular weight is 230 g/mol. The standard InChI is InChI=1S/C12H14N4O/c1-16-7-6-14-11(16)8-12(17)15-9-10-2-4-13-5-3-10/h2-7H,8-9H2,1H3,(H,15,17). The molecule has 2 heterocycles. The van der Waals surface area contributed by atoms with E-state index < -0.39 is 0 Å². The van der Waals surface area contributed by atoms with Crippen LogP contribution in [0.4, 0.5) is 0 Å². The second kappa shape index (κ2) is 5.25. The van der Waals surface area contributed by atoms with Crippen molar-refractivity contribution < 1.29 is 4.79 Å². The second-order valence-electron chi connectivity index (χ2n) is 3.76. The lowest BCUT2D eigenvalue weighted by atomic mass is 10.2. The van der Waals surface area contributed by atoms with Gasteiger partial charge in [-0.1, -0.05) is 0 Å². The Hall–Kier alpha value is -2.17. The van der Waals surface area contributed by atoms with Crippen LogP contribution in [0.3, 0.4) is 0 Å². The molecule has 0 aliphatic carbocycles. The van der Waals surface area contributed by atoms with Gasteiger partial charge in [0.1, 0.15) is 5.82 Å². The second-order valence-corrected chi connectivity index (χ2v) is 3.76. The normalized spacial score (nSPS) is 10.2. The predicted octanol–water partition coefficient (Wildman–Crippen LogP) is 0.674. The number of carbonyl (C=O) groups excluding carboxylic acids is 1. The Morgan fingerprint density at radius 3 is 2.76 bits per heavy atom. The van der Waals surface area contributed by atoms with Crippen LogP contribution < -0.4 is 5.32 Å². The molecule has 2 aromatic rings. The summed E-state index contributed by atoms with van der Waals surface area (Å²) in [5.41, 5.74) is 1.04. The van der Waals surface area contributed by atoms with E-state index in [1.54, 1.807) is 18.6 Å². The van der Waals surface area contributed by atoms with Crippen LogP contribution in [0.5, 0.6) is 0 Å². The zero-order valence-corrected chi connectivity index (χ0v) is 9.63. The number of carbonyl (C=O) groups is 1. The van der Waals surface area contributed by atoms with Gasteiger partial charge in [0.25, 0.3) is 0 Å². The number of rotatable bonds is 4. The molecule has 0 atom stereocenters. The summed E-state index contributed by atoms with van der Waals surface area (Å²) in [7, 11) is 1.87. The van der Waals surface area contributed by atoms with Crippen molar-refractivity contribution in [1.29, 1.82) is 0 Å². The van der Waals surface area contributed by atoms with Crippen molar-refractivity contribution >= 4 is 5.91 Å². The Morgan fingerprint density at radius 1 is 1.35 bits per heavy atom. The van der Waals surface area contributed by atoms with E-state index in [4.69, 9.17) is 0 Å². The van der Waals surface area contributed by atoms with Crippen LogP contribution in [0.25, 0.3) is 0 Å². The summed E-state index contributed by atoms with van der Waals surface area (Å²) in [6, 6.07) is 3.75. The number of imidazole rings is 1. The smallest absolute Gasteiger partial charge is 0.227 e. The molecule has 0 unspecified atom stereocenters. The number of hydrogen-bond acceptors (Lipinski definition) is 3. The SMILES string of the molecule is Cn1ccnc1CC(=O)NCc1ccncc1. The molecule has 5 nitrogen and oxygen atoms in total. The number of pyridine rings is 1. The molecule has 1 N–H and O–H groups in total. The van der Waals surface area contributed by atoms with Crippen molar-refractivity contribution in [3.05, 3.63) is 48.3 Å². The van der Waals surface area contributed by atoms with E-state index in [1.165, 1.54) is 0 Å². The van der Waals surface area contributed by atoms with E-state index in [2.05, 4.69) is 15.3 Å². The summed E-state index contributed by atoms with van der Waals surface area (Å²) in [4.78, 5) is 19.7. The number of aryl methyl sites for hydroxylation is 1. The molecule has 0 aliphatic heterocycles. The number of nitrogens with zero attached hydrogens (tertiary/aromatic N) is 3. The zero-order valence-electron chi connectivity index (χ0n) is 9.63. The fourth-order valence-corrected chi connectivity index (χ4v) is 1.47. The van der Waals surface area contributed by atoms with Gasteiger partial charge in [-0.15, -0.1) is 0 Å². The summed E-state index contributed by atoms with van der Waals surface area (Å²) >= 11 is 0. The molecule has 2 rings (SSSR count). The van der Waals surface area contributed by atoms with E-state index in [9.17, 15) is 4.79 Å². The number of nitrogens with one attached hydrogen (secondary N) is 1. The minimum absolute atomic E-state index is 0.0314. The maximum absolute atomic E-state index is 11.7. The summed E-state index contributed by atoms with van der Waals surface area (Å²) in [6.45, 7) is 0.520. The molecule has 0 aliphatic rings. The maximum atomic E-state index is 11.7. The third kappa shape index (κ3) is 3.14. The van der Waals surface area contributed by atoms with Gasteiger partial charge in [0.05, 0.1) is 6.42 Å². The van der Waals surface area contributed by atoms with Crippen molar-refractivity contribution in [2.75, 3.05) is 0 Å². The molecular formula is C12H14N4O. The number of aromatic nitrogens is 3. The van der Waals surface area contributed by atoms with Gasteiger partial charge < -0.3 is 9.88 Å². The van der Waals surface area contributed by atoms with Gasteiger partial charge in [-0.3, -0.25) is 9.78 Å². The lowest BCUT2D eigenvalue weighted by Crippen LogP contribution is -2.25. The highest BCUT2D eigenvalue weighted by atomic mass is 16.1. The molecule has 88 valence electrons. The van der Waals surface area contributed by atoms with Gasteiger partial charge in [-0.2, -0.15) is 0 Å². The summed E-state index contributed by atoms with van der Waals surface area (Å²) in [6.07, 6.45) is 7.23. The minimum atomic E-state index is -0.0314. The molecule has 0 spiro atoms. The Bertz CT molecular complexity index is 492. The summed E-state index contributed by atoms with van der Waals surface area (Å²) < 4.78 is 1.84. The van der Waals surface area contributed by atoms with E-state index in [0.717, 1.165) is 11.4 Å². The molecule has 0 radical (unpaired) electrons. The minimum Gasteiger partial charge on any atom is -0.352 e. The van der Waals surface area contributed by atoms with Gasteiger partial charge in [-0.05, 0) is 17.7 Å². The molecular weight excluding hydrogens is 216 g/mol. The molecule has 0 saturated carbocycles. The Labute approximate surface area is 99.5 Å². The van der Waals surface area contributed by atoms with Gasteiger partial charge >= 0.3 is 0 Å². The quantitative estimate of drug-likeness (QED) is 0.840. The van der Waals surface area contributed by atoms with Crippen LogP contribution in [0.15, 0.2) is 36.9 Å². The predicted molar refractivity (Wildman–Crippen MR) is 63.0 cm³/mol. The van der Waals surface area contributed by atoms with Crippen molar-refractivity contribution in [1.82, 2.24) is 19.9 Å². The monoisotopic (exact) mass is 230 g/mol. The molecule has 0 aromatic carbocycles. The third-order valence-corrected chi connectivity index (χ3v) is 2.48. The first-order valence-electron chi connectivity index (χ1n) is 5.37. The van der Waals surface area contributed by atoms with Gasteiger partial charge in [0.2, 0.25) is 5.91 Å². The van der Waals surface area contributed by atoms with Crippen molar-refractivity contribution in [3.8, 4) is 0 Å². The Morgan fingerprint density at radius 2 is 2.12 bits per heavy atom. The van der Waals surface area contributed by atoms with E-state index in [0.29, 0.717) is 13.0 Å². The largest absolute Gasteiger partial charge is 0.352 e. The van der Waals surface area contributed by atoms with Crippen LogP contribution in [-0.2, 0) is 24.8 Å². The fourth-order valence-electron chi connectivity index (χ4n) is 1.47. The Kier molecular flexibility index (Phi) is 3.49. The first-order valence-corrected chi connectivity index (χ1v) is 5.37. The summed E-state index contributed by atoms with van der Waals surface area (Å²) in [5, 5.41) is 2.84. The lowest BCUT2D eigenvalue weighted by Gasteiger charge is -2.05. The number of amides is 1. The fraction of sp³-hybridized carbons (Fsp3) is 0.250. The van der Waals surface area contributed by atoms with E-state index >= 15 is 0 Å². The highest BCUT2D eigenvalue weighted by Gasteiger charge is 2.06. The van der Waals surface area contributed by atoms with Crippen LogP contribution in [-0.4, -0.2) is 20.4 Å². The number of hydrogen-bond donors (Lipinski definition) is 1. The molecule has 2 aromatic heterocycles. The molecule has 5 heteroatoms.